The van der Waals surface area contributed by atoms with E-state index in [-0.39, 0.29) is 33.5 Å². The second-order valence-corrected chi connectivity index (χ2v) is 42.8. The van der Waals surface area contributed by atoms with Gasteiger partial charge in [-0.15, -0.1) is 0 Å². The molecule has 6 aliphatic carbocycles. The summed E-state index contributed by atoms with van der Waals surface area (Å²) in [6.07, 6.45) is 32.9. The highest BCUT2D eigenvalue weighted by Crippen LogP contribution is 2.58. The molecule has 7 nitrogen and oxygen atoms in total. The van der Waals surface area contributed by atoms with Crippen LogP contribution in [0.3, 0.4) is 0 Å². The first kappa shape index (κ1) is 71.3. The Bertz CT molecular complexity index is 2890. The minimum Gasteiger partial charge on any atom is -0.410 e. The maximum absolute atomic E-state index is 14.4. The molecule has 0 aromatic heterocycles. The van der Waals surface area contributed by atoms with Gasteiger partial charge in [0.1, 0.15) is 12.9 Å². The number of hydrogen-bond acceptors (Lipinski definition) is 7. The van der Waals surface area contributed by atoms with Gasteiger partial charge < -0.3 is 28.7 Å². The molecule has 5 unspecified atom stereocenters. The van der Waals surface area contributed by atoms with Crippen LogP contribution in [0.5, 0.6) is 0 Å². The molecule has 6 aliphatic rings. The lowest BCUT2D eigenvalue weighted by atomic mass is 9.62. The fraction of sp³-hybridized carbons (Fsp3) is 0.592. The van der Waals surface area contributed by atoms with Gasteiger partial charge in [0.2, 0.25) is 0 Å². The number of carbonyl (C=O) groups excluding carboxylic acids is 1. The van der Waals surface area contributed by atoms with Gasteiger partial charge in [-0.25, -0.2) is 0 Å². The van der Waals surface area contributed by atoms with Crippen LogP contribution in [0.2, 0.25) is 37.8 Å². The molecule has 4 saturated carbocycles. The SMILES string of the molecule is C=C1/C(=C\C=C2/CCC[C@]3(C)C(C(C)C/C=C/C(C)(C)O)=CCC23)C[C@H](O)C[C@@H]1O.C=C1/C(=C\CP(=O)(c2ccccc2)c2ccccc2)C[C@H](C)CC1O[Si](C)(C)C(C)(C)C.CC(C/C=C/C(C)(C)O[Si](C)(C)C)C1=CCC2C(=O)CCC[C@]12C. The lowest BCUT2D eigenvalue weighted by Crippen LogP contribution is -2.45. The average molecular weight is 1230 g/mol. The zero-order valence-corrected chi connectivity index (χ0v) is 59.4. The van der Waals surface area contributed by atoms with Gasteiger partial charge in [0, 0.05) is 35.5 Å². The highest BCUT2D eigenvalue weighted by atomic mass is 31.2. The number of Topliss-reactive ketones (excluding diaryl/α,β-unsaturated/α-hetero) is 1. The maximum Gasteiger partial charge on any atom is 0.192 e. The van der Waals surface area contributed by atoms with E-state index in [1.165, 1.54) is 36.0 Å². The van der Waals surface area contributed by atoms with E-state index in [1.54, 1.807) is 5.57 Å². The normalized spacial score (nSPS) is 29.1. The van der Waals surface area contributed by atoms with E-state index in [4.69, 9.17) is 8.85 Å². The molecule has 0 aliphatic heterocycles. The highest BCUT2D eigenvalue weighted by Gasteiger charge is 2.49. The van der Waals surface area contributed by atoms with Crippen LogP contribution in [-0.2, 0) is 18.2 Å². The van der Waals surface area contributed by atoms with E-state index in [1.807, 2.05) is 80.6 Å². The summed E-state index contributed by atoms with van der Waals surface area (Å²) in [4.78, 5) is 12.3. The van der Waals surface area contributed by atoms with Crippen LogP contribution in [0.1, 0.15) is 173 Å². The molecule has 0 amide bonds. The Hall–Kier alpha value is -3.77. The van der Waals surface area contributed by atoms with Gasteiger partial charge in [-0.3, -0.25) is 4.79 Å². The summed E-state index contributed by atoms with van der Waals surface area (Å²) in [6.45, 7) is 46.2. The molecule has 8 rings (SSSR count). The Labute approximate surface area is 525 Å². The molecule has 474 valence electrons. The third-order valence-corrected chi connectivity index (χ3v) is 28.8. The topological polar surface area (TPSA) is 113 Å². The van der Waals surface area contributed by atoms with Crippen molar-refractivity contribution in [2.24, 2.45) is 40.4 Å². The van der Waals surface area contributed by atoms with Crippen LogP contribution in [0.15, 0.2) is 168 Å². The monoisotopic (exact) mass is 1230 g/mol. The first-order chi connectivity index (χ1) is 39.9. The largest absolute Gasteiger partial charge is 0.410 e. The third-order valence-electron chi connectivity index (χ3n) is 20.2. The molecule has 4 fully saturated rings. The van der Waals surface area contributed by atoms with Gasteiger partial charge in [-0.1, -0.05) is 201 Å². The number of aliphatic hydroxyl groups is 3. The molecule has 2 aromatic rings. The highest BCUT2D eigenvalue weighted by molar-refractivity contribution is 7.78. The number of carbonyl (C=O) groups is 1. The molecule has 0 radical (unpaired) electrons. The lowest BCUT2D eigenvalue weighted by molar-refractivity contribution is -0.128. The summed E-state index contributed by atoms with van der Waals surface area (Å²) in [5.41, 5.74) is 8.00. The predicted octanol–water partition coefficient (Wildman–Crippen LogP) is 18.6. The van der Waals surface area contributed by atoms with E-state index in [0.717, 1.165) is 85.1 Å². The third kappa shape index (κ3) is 18.4. The predicted molar refractivity (Wildman–Crippen MR) is 371 cm³/mol. The van der Waals surface area contributed by atoms with Crippen molar-refractivity contribution in [2.45, 2.75) is 240 Å². The number of rotatable bonds is 17. The van der Waals surface area contributed by atoms with Gasteiger partial charge in [0.15, 0.2) is 16.6 Å². The van der Waals surface area contributed by atoms with Crippen LogP contribution in [0.25, 0.3) is 0 Å². The average Bonchev–Trinajstić information content (AvgIpc) is 2.48. The fourth-order valence-corrected chi connectivity index (χ4v) is 20.1. The van der Waals surface area contributed by atoms with Crippen LogP contribution < -0.4 is 10.6 Å². The summed E-state index contributed by atoms with van der Waals surface area (Å²) >= 11 is 0. The van der Waals surface area contributed by atoms with Gasteiger partial charge in [-0.05, 0) is 199 Å². The summed E-state index contributed by atoms with van der Waals surface area (Å²) in [6, 6.07) is 19.8. The van der Waals surface area contributed by atoms with Crippen LogP contribution >= 0.6 is 7.14 Å². The number of allylic oxidation sites excluding steroid dienone is 10. The van der Waals surface area contributed by atoms with E-state index in [9.17, 15) is 24.7 Å². The van der Waals surface area contributed by atoms with Crippen molar-refractivity contribution in [3.05, 3.63) is 168 Å². The molecule has 10 atom stereocenters. The van der Waals surface area contributed by atoms with Crippen molar-refractivity contribution >= 4 is 40.2 Å². The molecule has 10 heteroatoms. The molecule has 3 N–H and O–H groups in total. The van der Waals surface area contributed by atoms with Crippen LogP contribution in [0.4, 0.5) is 0 Å². The zero-order valence-electron chi connectivity index (χ0n) is 56.5. The van der Waals surface area contributed by atoms with Crippen molar-refractivity contribution in [1.82, 2.24) is 0 Å². The Morgan fingerprint density at radius 1 is 0.721 bits per heavy atom. The van der Waals surface area contributed by atoms with Crippen molar-refractivity contribution in [3.8, 4) is 0 Å². The Balaban J connectivity index is 0.000000209. The van der Waals surface area contributed by atoms with Crippen molar-refractivity contribution < 1.29 is 33.5 Å². The summed E-state index contributed by atoms with van der Waals surface area (Å²) in [5.74, 6) is 2.77. The first-order valence-electron chi connectivity index (χ1n) is 32.8. The van der Waals surface area contributed by atoms with Crippen molar-refractivity contribution in [1.29, 1.82) is 0 Å². The van der Waals surface area contributed by atoms with Crippen LogP contribution in [-0.4, -0.2) is 73.4 Å². The second kappa shape index (κ2) is 29.0. The first-order valence-corrected chi connectivity index (χ1v) is 41.0. The number of fused-ring (bicyclic) bond motifs is 2. The zero-order chi connectivity index (χ0) is 63.8. The maximum atomic E-state index is 14.4. The van der Waals surface area contributed by atoms with Crippen molar-refractivity contribution in [2.75, 3.05) is 6.16 Å². The standard InChI is InChI=1S/C28H39O2PSi.C27H40O3.C21H36O2Si/c1-22-20-24(23(2)27(21-22)30-32(6,7)28(3,4)5)18-19-31(29,25-14-10-8-11-15-25)26-16-12-9-13-17-26;1-18(8-6-14-26(3,4)30)23-12-13-24-20(9-7-15-27(23,24)5)10-11-21-16-22(28)17-25(29)19(21)2;1-16(10-8-14-20(2,3)23-24(5,6)7)17-12-13-18-19(22)11-9-15-21(17,18)4/h8-18,22,27H,2,19-21H2,1,3-7H3;6,10-12,14,18,22,24-25,28-30H,2,7-9,13,15-17H2,1,3-5H3;8,12,14,16,18H,9-11,13,15H2,1-7H3/b24-18-;14-6+,20-10+,21-11-;14-8+/t22-,27?;18?,22-,24?,25-,27+;16?,18?,21-/m001/s1. The molecule has 0 heterocycles. The molecule has 0 spiro atoms. The van der Waals surface area contributed by atoms with E-state index in [2.05, 4.69) is 164 Å². The Morgan fingerprint density at radius 3 is 1.78 bits per heavy atom. The Kier molecular flexibility index (Phi) is 24.1. The molecule has 0 bridgehead atoms. The minimum atomic E-state index is -2.77. The smallest absolute Gasteiger partial charge is 0.192 e. The van der Waals surface area contributed by atoms with Crippen molar-refractivity contribution in [3.63, 3.8) is 0 Å². The van der Waals surface area contributed by atoms with Gasteiger partial charge in [0.25, 0.3) is 0 Å². The summed E-state index contributed by atoms with van der Waals surface area (Å²) < 4.78 is 27.4. The molecular formula is C76H115O7PSi2. The number of ketones is 1. The number of benzene rings is 2. The molecule has 2 aromatic carbocycles. The van der Waals surface area contributed by atoms with E-state index < -0.39 is 41.6 Å². The molecule has 86 heavy (non-hydrogen) atoms. The van der Waals surface area contributed by atoms with Gasteiger partial charge in [0.05, 0.1) is 29.5 Å². The second-order valence-electron chi connectivity index (χ2n) is 30.8. The summed E-state index contributed by atoms with van der Waals surface area (Å²) in [5, 5.41) is 32.0. The quantitative estimate of drug-likeness (QED) is 0.0821. The Morgan fingerprint density at radius 2 is 1.24 bits per heavy atom. The van der Waals surface area contributed by atoms with Gasteiger partial charge in [-0.2, -0.15) is 0 Å². The number of aliphatic hydroxyl groups excluding tert-OH is 2. The fourth-order valence-electron chi connectivity index (χ4n) is 14.7. The van der Waals surface area contributed by atoms with E-state index in [0.29, 0.717) is 48.5 Å². The molecule has 0 saturated heterocycles. The lowest BCUT2D eigenvalue weighted by Gasteiger charge is -2.42. The minimum absolute atomic E-state index is 0.0544. The number of hydrogen-bond donors (Lipinski definition) is 3. The van der Waals surface area contributed by atoms with Crippen LogP contribution in [0, 0.1) is 40.4 Å². The van der Waals surface area contributed by atoms with E-state index >= 15 is 0 Å². The molecular weight excluding hydrogens is 1110 g/mol. The summed E-state index contributed by atoms with van der Waals surface area (Å²) in [7, 11) is -6.21. The van der Waals surface area contributed by atoms with Gasteiger partial charge >= 0.3 is 0 Å².